The van der Waals surface area contributed by atoms with Crippen LogP contribution in [0.25, 0.3) is 0 Å². The van der Waals surface area contributed by atoms with Gasteiger partial charge in [-0.25, -0.2) is 4.98 Å². The van der Waals surface area contributed by atoms with Gasteiger partial charge in [-0.05, 0) is 6.26 Å². The highest BCUT2D eigenvalue weighted by molar-refractivity contribution is 8.00. The Morgan fingerprint density at radius 1 is 1.89 bits per heavy atom. The monoisotopic (exact) mass is 161 g/mol. The molecule has 0 aliphatic rings. The summed E-state index contributed by atoms with van der Waals surface area (Å²) in [6.07, 6.45) is 3.77. The van der Waals surface area contributed by atoms with E-state index in [9.17, 15) is 0 Å². The van der Waals surface area contributed by atoms with Crippen LogP contribution in [0.15, 0.2) is 10.4 Å². The molecule has 4 heteroatoms. The molecule has 0 radical (unpaired) electrons. The van der Waals surface area contributed by atoms with Gasteiger partial charge in [-0.15, -0.1) is 23.1 Å². The van der Waals surface area contributed by atoms with E-state index >= 15 is 0 Å². The number of aliphatic hydroxyl groups excluding tert-OH is 1. The van der Waals surface area contributed by atoms with E-state index < -0.39 is 0 Å². The summed E-state index contributed by atoms with van der Waals surface area (Å²) in [5.74, 6) is 0. The maximum absolute atomic E-state index is 8.59. The van der Waals surface area contributed by atoms with Crippen molar-refractivity contribution in [3.8, 4) is 0 Å². The van der Waals surface area contributed by atoms with Gasteiger partial charge in [0.25, 0.3) is 0 Å². The molecule has 1 aromatic rings. The predicted molar refractivity (Wildman–Crippen MR) is 39.8 cm³/mol. The van der Waals surface area contributed by atoms with Gasteiger partial charge in [0.05, 0.1) is 17.0 Å². The summed E-state index contributed by atoms with van der Waals surface area (Å²) >= 11 is 3.18. The molecule has 0 saturated heterocycles. The number of hydrogen-bond acceptors (Lipinski definition) is 4. The van der Waals surface area contributed by atoms with Gasteiger partial charge in [-0.1, -0.05) is 0 Å². The Bertz CT molecular complexity index is 168. The third-order valence-electron chi connectivity index (χ3n) is 0.869. The summed E-state index contributed by atoms with van der Waals surface area (Å²) in [6.45, 7) is 0.0607. The third kappa shape index (κ3) is 1.67. The Labute approximate surface area is 61.9 Å². The molecule has 0 aliphatic carbocycles. The third-order valence-corrected chi connectivity index (χ3v) is 2.90. The summed E-state index contributed by atoms with van der Waals surface area (Å²) in [5.41, 5.74) is 0. The zero-order valence-corrected chi connectivity index (χ0v) is 6.63. The highest BCUT2D eigenvalue weighted by Crippen LogP contribution is 2.21. The van der Waals surface area contributed by atoms with Crippen LogP contribution in [0.4, 0.5) is 0 Å². The lowest BCUT2D eigenvalue weighted by Crippen LogP contribution is -1.75. The fourth-order valence-corrected chi connectivity index (χ4v) is 1.75. The van der Waals surface area contributed by atoms with Crippen molar-refractivity contribution in [3.63, 3.8) is 0 Å². The first-order valence-corrected chi connectivity index (χ1v) is 4.50. The predicted octanol–water partition coefficient (Wildman–Crippen LogP) is 1.36. The molecule has 50 valence electrons. The van der Waals surface area contributed by atoms with E-state index in [1.54, 1.807) is 18.0 Å². The number of aliphatic hydroxyl groups is 1. The molecule has 9 heavy (non-hydrogen) atoms. The van der Waals surface area contributed by atoms with Crippen molar-refractivity contribution < 1.29 is 5.11 Å². The van der Waals surface area contributed by atoms with Crippen molar-refractivity contribution in [1.82, 2.24) is 4.98 Å². The van der Waals surface area contributed by atoms with Crippen molar-refractivity contribution in [2.45, 2.75) is 10.8 Å². The minimum atomic E-state index is 0.0607. The Morgan fingerprint density at radius 3 is 3.00 bits per heavy atom. The SMILES string of the molecule is CSc1cnc(CO)s1. The van der Waals surface area contributed by atoms with Gasteiger partial charge in [0.15, 0.2) is 0 Å². The molecule has 0 aromatic carbocycles. The first-order chi connectivity index (χ1) is 4.36. The number of aromatic nitrogens is 1. The zero-order valence-electron chi connectivity index (χ0n) is 5.00. The van der Waals surface area contributed by atoms with E-state index in [4.69, 9.17) is 5.11 Å². The minimum Gasteiger partial charge on any atom is -0.389 e. The molecule has 0 amide bonds. The van der Waals surface area contributed by atoms with E-state index in [0.717, 1.165) is 9.22 Å². The second-order valence-electron chi connectivity index (χ2n) is 1.44. The smallest absolute Gasteiger partial charge is 0.119 e. The molecular weight excluding hydrogens is 154 g/mol. The maximum Gasteiger partial charge on any atom is 0.119 e. The summed E-state index contributed by atoms with van der Waals surface area (Å²) in [5, 5.41) is 9.38. The van der Waals surface area contributed by atoms with Gasteiger partial charge < -0.3 is 5.11 Å². The van der Waals surface area contributed by atoms with E-state index in [2.05, 4.69) is 4.98 Å². The van der Waals surface area contributed by atoms with Crippen molar-refractivity contribution >= 4 is 23.1 Å². The second-order valence-corrected chi connectivity index (χ2v) is 3.66. The average Bonchev–Trinajstić information content (AvgIpc) is 2.34. The molecule has 0 atom stereocenters. The molecule has 0 aliphatic heterocycles. The molecular formula is C5H7NOS2. The average molecular weight is 161 g/mol. The molecule has 0 unspecified atom stereocenters. The Morgan fingerprint density at radius 2 is 2.67 bits per heavy atom. The maximum atomic E-state index is 8.59. The van der Waals surface area contributed by atoms with Gasteiger partial charge in [-0.3, -0.25) is 0 Å². The van der Waals surface area contributed by atoms with Gasteiger partial charge in [0.2, 0.25) is 0 Å². The number of nitrogens with zero attached hydrogens (tertiary/aromatic N) is 1. The first-order valence-electron chi connectivity index (χ1n) is 2.46. The number of hydrogen-bond donors (Lipinski definition) is 1. The summed E-state index contributed by atoms with van der Waals surface area (Å²) in [7, 11) is 0. The van der Waals surface area contributed by atoms with Crippen LogP contribution in [0.3, 0.4) is 0 Å². The van der Waals surface area contributed by atoms with Crippen molar-refractivity contribution in [2.24, 2.45) is 0 Å². The van der Waals surface area contributed by atoms with Gasteiger partial charge in [0.1, 0.15) is 5.01 Å². The largest absolute Gasteiger partial charge is 0.389 e. The molecule has 1 heterocycles. The normalized spacial score (nSPS) is 10.0. The van der Waals surface area contributed by atoms with E-state index in [0.29, 0.717) is 0 Å². The molecule has 1 N–H and O–H groups in total. The highest BCUT2D eigenvalue weighted by Gasteiger charge is 1.96. The van der Waals surface area contributed by atoms with Crippen LogP contribution >= 0.6 is 23.1 Å². The fourth-order valence-electron chi connectivity index (χ4n) is 0.461. The fraction of sp³-hybridized carbons (Fsp3) is 0.400. The highest BCUT2D eigenvalue weighted by atomic mass is 32.2. The quantitative estimate of drug-likeness (QED) is 0.665. The summed E-state index contributed by atoms with van der Waals surface area (Å²) in [4.78, 5) is 3.95. The first kappa shape index (κ1) is 7.05. The molecule has 0 bridgehead atoms. The van der Waals surface area contributed by atoms with E-state index in [-0.39, 0.29) is 6.61 Å². The van der Waals surface area contributed by atoms with Crippen LogP contribution < -0.4 is 0 Å². The number of thioether (sulfide) groups is 1. The molecule has 0 saturated carbocycles. The van der Waals surface area contributed by atoms with E-state index in [1.807, 2.05) is 6.26 Å². The molecule has 1 aromatic heterocycles. The van der Waals surface area contributed by atoms with Crippen LogP contribution in [-0.4, -0.2) is 16.3 Å². The number of rotatable bonds is 2. The topological polar surface area (TPSA) is 33.1 Å². The standard InChI is InChI=1S/C5H7NOS2/c1-8-5-2-6-4(3-7)9-5/h2,7H,3H2,1H3. The van der Waals surface area contributed by atoms with Crippen LogP contribution in [-0.2, 0) is 6.61 Å². The van der Waals surface area contributed by atoms with Crippen molar-refractivity contribution in [3.05, 3.63) is 11.2 Å². The summed E-state index contributed by atoms with van der Waals surface area (Å²) in [6, 6.07) is 0. The zero-order chi connectivity index (χ0) is 6.69. The van der Waals surface area contributed by atoms with Gasteiger partial charge >= 0.3 is 0 Å². The van der Waals surface area contributed by atoms with Crippen molar-refractivity contribution in [1.29, 1.82) is 0 Å². The van der Waals surface area contributed by atoms with Crippen LogP contribution in [0, 0.1) is 0 Å². The van der Waals surface area contributed by atoms with E-state index in [1.165, 1.54) is 11.3 Å². The lowest BCUT2D eigenvalue weighted by molar-refractivity contribution is 0.281. The lowest BCUT2D eigenvalue weighted by atomic mass is 10.8. The molecule has 0 spiro atoms. The molecule has 0 fully saturated rings. The van der Waals surface area contributed by atoms with Crippen LogP contribution in [0.1, 0.15) is 5.01 Å². The van der Waals surface area contributed by atoms with Crippen LogP contribution in [0.5, 0.6) is 0 Å². The lowest BCUT2D eigenvalue weighted by Gasteiger charge is -1.81. The summed E-state index contributed by atoms with van der Waals surface area (Å²) < 4.78 is 1.15. The Kier molecular flexibility index (Phi) is 2.50. The minimum absolute atomic E-state index is 0.0607. The Hall–Kier alpha value is -0.0600. The molecule has 2 nitrogen and oxygen atoms in total. The molecule has 1 rings (SSSR count). The number of thiazole rings is 1. The van der Waals surface area contributed by atoms with Gasteiger partial charge in [-0.2, -0.15) is 0 Å². The second kappa shape index (κ2) is 3.20. The van der Waals surface area contributed by atoms with Gasteiger partial charge in [0, 0.05) is 0 Å². The van der Waals surface area contributed by atoms with Crippen LogP contribution in [0.2, 0.25) is 0 Å². The van der Waals surface area contributed by atoms with Crippen molar-refractivity contribution in [2.75, 3.05) is 6.26 Å². The Balaban J connectivity index is 2.74.